The number of nitro groups is 1. The van der Waals surface area contributed by atoms with E-state index < -0.39 is 16.9 Å². The first kappa shape index (κ1) is 18.5. The number of hydrogen-bond acceptors (Lipinski definition) is 6. The van der Waals surface area contributed by atoms with E-state index in [1.165, 1.54) is 17.1 Å². The summed E-state index contributed by atoms with van der Waals surface area (Å²) in [7, 11) is 0. The maximum Gasteiger partial charge on any atom is 0.390 e. The second-order valence-electron chi connectivity index (χ2n) is 5.90. The van der Waals surface area contributed by atoms with Crippen molar-refractivity contribution < 1.29 is 9.72 Å². The van der Waals surface area contributed by atoms with E-state index in [9.17, 15) is 14.9 Å². The van der Waals surface area contributed by atoms with Crippen LogP contribution in [0.3, 0.4) is 0 Å². The third kappa shape index (κ3) is 4.29. The van der Waals surface area contributed by atoms with Gasteiger partial charge in [-0.15, -0.1) is 5.10 Å². The first-order chi connectivity index (χ1) is 12.8. The van der Waals surface area contributed by atoms with E-state index in [-0.39, 0.29) is 11.8 Å². The Morgan fingerprint density at radius 3 is 2.67 bits per heavy atom. The molecule has 3 aromatic rings. The van der Waals surface area contributed by atoms with Gasteiger partial charge < -0.3 is 10.1 Å². The average Bonchev–Trinajstić information content (AvgIpc) is 3.23. The molecule has 0 spiro atoms. The molecule has 3 rings (SSSR count). The Bertz CT molecular complexity index is 980. The van der Waals surface area contributed by atoms with Crippen LogP contribution in [-0.4, -0.2) is 35.4 Å². The molecule has 1 aromatic carbocycles. The van der Waals surface area contributed by atoms with Crippen LogP contribution in [-0.2, 0) is 11.3 Å². The van der Waals surface area contributed by atoms with Gasteiger partial charge in [0.05, 0.1) is 23.4 Å². The fourth-order valence-corrected chi connectivity index (χ4v) is 2.61. The van der Waals surface area contributed by atoms with Crippen LogP contribution >= 0.6 is 11.6 Å². The van der Waals surface area contributed by atoms with E-state index in [2.05, 4.69) is 20.5 Å². The molecule has 1 unspecified atom stereocenters. The minimum absolute atomic E-state index is 0.139. The van der Waals surface area contributed by atoms with E-state index in [1.807, 2.05) is 12.1 Å². The fraction of sp³-hybridized carbons (Fsp3) is 0.250. The first-order valence-electron chi connectivity index (χ1n) is 7.99. The van der Waals surface area contributed by atoms with Gasteiger partial charge in [0.25, 0.3) is 5.91 Å². The number of nitrogens with one attached hydrogen (secondary N) is 1. The van der Waals surface area contributed by atoms with Crippen LogP contribution in [0.1, 0.15) is 24.2 Å². The van der Waals surface area contributed by atoms with Crippen LogP contribution in [0.25, 0.3) is 0 Å². The van der Waals surface area contributed by atoms with Crippen molar-refractivity contribution in [1.29, 1.82) is 0 Å². The van der Waals surface area contributed by atoms with Gasteiger partial charge in [0.1, 0.15) is 12.4 Å². The number of carbonyl (C=O) groups excluding carboxylic acids is 1. The van der Waals surface area contributed by atoms with Crippen molar-refractivity contribution in [2.75, 3.05) is 5.32 Å². The van der Waals surface area contributed by atoms with Crippen LogP contribution in [0.4, 0.5) is 11.8 Å². The number of rotatable bonds is 6. The molecular weight excluding hydrogens is 374 g/mol. The highest BCUT2D eigenvalue weighted by Crippen LogP contribution is 2.17. The summed E-state index contributed by atoms with van der Waals surface area (Å²) in [4.78, 5) is 26.7. The number of amides is 1. The topological polar surface area (TPSA) is 121 Å². The molecule has 0 aliphatic carbocycles. The van der Waals surface area contributed by atoms with Crippen LogP contribution < -0.4 is 5.32 Å². The molecule has 140 valence electrons. The number of nitrogens with zero attached hydrogens (tertiary/aromatic N) is 6. The Hall–Kier alpha value is -3.27. The van der Waals surface area contributed by atoms with Crippen LogP contribution in [0.15, 0.2) is 36.7 Å². The molecule has 1 atom stereocenters. The van der Waals surface area contributed by atoms with Crippen molar-refractivity contribution in [1.82, 2.24) is 24.5 Å². The van der Waals surface area contributed by atoms with Crippen molar-refractivity contribution in [3.8, 4) is 0 Å². The molecular formula is C16H16ClN7O3. The number of aromatic nitrogens is 5. The predicted molar refractivity (Wildman–Crippen MR) is 97.5 cm³/mol. The smallest absolute Gasteiger partial charge is 0.358 e. The number of aryl methyl sites for hydroxylation is 1. The molecule has 1 amide bonds. The third-order valence-corrected chi connectivity index (χ3v) is 4.12. The second-order valence-corrected chi connectivity index (χ2v) is 6.34. The molecule has 0 radical (unpaired) electrons. The molecule has 27 heavy (non-hydrogen) atoms. The summed E-state index contributed by atoms with van der Waals surface area (Å²) in [6, 6.07) is 7.85. The zero-order valence-corrected chi connectivity index (χ0v) is 15.3. The molecule has 10 nitrogen and oxygen atoms in total. The van der Waals surface area contributed by atoms with E-state index in [0.717, 1.165) is 5.56 Å². The maximum absolute atomic E-state index is 12.4. The monoisotopic (exact) mass is 389 g/mol. The van der Waals surface area contributed by atoms with Gasteiger partial charge in [0, 0.05) is 5.02 Å². The van der Waals surface area contributed by atoms with Gasteiger partial charge in [-0.05, 0) is 36.5 Å². The minimum atomic E-state index is -0.762. The predicted octanol–water partition coefficient (Wildman–Crippen LogP) is 2.59. The molecule has 2 aromatic heterocycles. The van der Waals surface area contributed by atoms with Crippen LogP contribution in [0.2, 0.25) is 5.02 Å². The lowest BCUT2D eigenvalue weighted by Gasteiger charge is -2.09. The second kappa shape index (κ2) is 7.54. The summed E-state index contributed by atoms with van der Waals surface area (Å²) in [6.45, 7) is 3.70. The molecule has 11 heteroatoms. The Morgan fingerprint density at radius 1 is 1.33 bits per heavy atom. The van der Waals surface area contributed by atoms with E-state index in [1.54, 1.807) is 30.7 Å². The standard InChI is InChI=1S/C16H16ClN7O3/c1-10-7-14(24(26)27)20-23(10)11(2)15(25)19-16-18-9-22(21-16)8-12-3-5-13(17)6-4-12/h3-7,9,11H,8H2,1-2H3,(H,19,21,25). The SMILES string of the molecule is Cc1cc([N+](=O)[O-])nn1C(C)C(=O)Nc1ncn(Cc2ccc(Cl)cc2)n1. The van der Waals surface area contributed by atoms with Gasteiger partial charge in [0.2, 0.25) is 5.95 Å². The quantitative estimate of drug-likeness (QED) is 0.511. The van der Waals surface area contributed by atoms with Gasteiger partial charge >= 0.3 is 5.82 Å². The molecule has 0 aliphatic rings. The van der Waals surface area contributed by atoms with E-state index >= 15 is 0 Å². The van der Waals surface area contributed by atoms with Gasteiger partial charge in [-0.2, -0.15) is 4.68 Å². The highest BCUT2D eigenvalue weighted by Gasteiger charge is 2.25. The highest BCUT2D eigenvalue weighted by atomic mass is 35.5. The molecule has 0 fully saturated rings. The number of anilines is 1. The zero-order valence-electron chi connectivity index (χ0n) is 14.5. The summed E-state index contributed by atoms with van der Waals surface area (Å²) in [5, 5.41) is 22.1. The molecule has 0 saturated heterocycles. The Balaban J connectivity index is 1.66. The summed E-state index contributed by atoms with van der Waals surface area (Å²) >= 11 is 5.86. The number of carbonyl (C=O) groups is 1. The summed E-state index contributed by atoms with van der Waals surface area (Å²) < 4.78 is 2.87. The van der Waals surface area contributed by atoms with Crippen LogP contribution in [0.5, 0.6) is 0 Å². The van der Waals surface area contributed by atoms with Gasteiger partial charge in [-0.1, -0.05) is 23.7 Å². The zero-order chi connectivity index (χ0) is 19.6. The number of hydrogen-bond donors (Lipinski definition) is 1. The average molecular weight is 390 g/mol. The van der Waals surface area contributed by atoms with Crippen molar-refractivity contribution in [2.24, 2.45) is 0 Å². The third-order valence-electron chi connectivity index (χ3n) is 3.87. The molecule has 0 aliphatic heterocycles. The largest absolute Gasteiger partial charge is 0.390 e. The lowest BCUT2D eigenvalue weighted by molar-refractivity contribution is -0.389. The Kier molecular flexibility index (Phi) is 5.17. The lowest BCUT2D eigenvalue weighted by atomic mass is 10.2. The van der Waals surface area contributed by atoms with E-state index in [4.69, 9.17) is 11.6 Å². The van der Waals surface area contributed by atoms with Gasteiger partial charge in [-0.25, -0.2) is 9.67 Å². The van der Waals surface area contributed by atoms with Crippen molar-refractivity contribution in [2.45, 2.75) is 26.4 Å². The van der Waals surface area contributed by atoms with E-state index in [0.29, 0.717) is 17.3 Å². The maximum atomic E-state index is 12.4. The fourth-order valence-electron chi connectivity index (χ4n) is 2.48. The summed E-state index contributed by atoms with van der Waals surface area (Å²) in [5.74, 6) is -0.599. The van der Waals surface area contributed by atoms with Crippen molar-refractivity contribution in [3.63, 3.8) is 0 Å². The Morgan fingerprint density at radius 2 is 2.04 bits per heavy atom. The molecule has 0 bridgehead atoms. The Labute approximate surface area is 158 Å². The van der Waals surface area contributed by atoms with Gasteiger partial charge in [0.15, 0.2) is 0 Å². The van der Waals surface area contributed by atoms with Crippen molar-refractivity contribution in [3.05, 3.63) is 63.1 Å². The number of benzene rings is 1. The highest BCUT2D eigenvalue weighted by molar-refractivity contribution is 6.30. The first-order valence-corrected chi connectivity index (χ1v) is 8.36. The minimum Gasteiger partial charge on any atom is -0.358 e. The lowest BCUT2D eigenvalue weighted by Crippen LogP contribution is -2.25. The normalized spacial score (nSPS) is 12.0. The molecule has 1 N–H and O–H groups in total. The molecule has 0 saturated carbocycles. The summed E-state index contributed by atoms with van der Waals surface area (Å²) in [5.41, 5.74) is 1.49. The molecule has 2 heterocycles. The van der Waals surface area contributed by atoms with Crippen molar-refractivity contribution >= 4 is 29.3 Å². The van der Waals surface area contributed by atoms with Crippen LogP contribution in [0, 0.1) is 17.0 Å². The van der Waals surface area contributed by atoms with Gasteiger partial charge in [-0.3, -0.25) is 10.1 Å². The number of halogens is 1. The summed E-state index contributed by atoms with van der Waals surface area (Å²) in [6.07, 6.45) is 1.50.